The molecule has 0 bridgehead atoms. The maximum Gasteiger partial charge on any atom is 0.279 e. The van der Waals surface area contributed by atoms with Crippen LogP contribution in [-0.2, 0) is 0 Å². The highest BCUT2D eigenvalue weighted by molar-refractivity contribution is 7.20. The van der Waals surface area contributed by atoms with Crippen LogP contribution in [0, 0.1) is 19.7 Å². The molecule has 28 heavy (non-hydrogen) atoms. The number of halogens is 1. The lowest BCUT2D eigenvalue weighted by atomic mass is 10.2. The lowest BCUT2D eigenvalue weighted by Crippen LogP contribution is -2.41. The summed E-state index contributed by atoms with van der Waals surface area (Å²) in [5.74, 6) is -0.780. The Morgan fingerprint density at radius 2 is 1.82 bits per heavy atom. The molecule has 0 radical (unpaired) electrons. The van der Waals surface area contributed by atoms with E-state index in [0.717, 1.165) is 15.9 Å². The van der Waals surface area contributed by atoms with Crippen LogP contribution in [0.5, 0.6) is 0 Å². The number of nitrogens with one attached hydrogen (secondary N) is 2. The molecule has 4 aromatic rings. The number of carbonyl (C=O) groups is 2. The van der Waals surface area contributed by atoms with Crippen LogP contribution in [0.1, 0.15) is 31.5 Å². The third kappa shape index (κ3) is 3.16. The molecule has 0 aliphatic carbocycles. The second-order valence-electron chi connectivity index (χ2n) is 6.10. The van der Waals surface area contributed by atoms with Crippen molar-refractivity contribution < 1.29 is 18.4 Å². The highest BCUT2D eigenvalue weighted by atomic mass is 32.1. The SMILES string of the molecule is Cc1occc1C(=O)NNC(=O)c1cc2c(C)nn(-c3ccc(F)cc3)c2s1. The summed E-state index contributed by atoms with van der Waals surface area (Å²) in [5, 5.41) is 5.28. The van der Waals surface area contributed by atoms with E-state index < -0.39 is 11.8 Å². The third-order valence-corrected chi connectivity index (χ3v) is 5.34. The van der Waals surface area contributed by atoms with Gasteiger partial charge in [-0.25, -0.2) is 9.07 Å². The highest BCUT2D eigenvalue weighted by Crippen LogP contribution is 2.30. The number of rotatable bonds is 3. The minimum Gasteiger partial charge on any atom is -0.469 e. The Morgan fingerprint density at radius 3 is 2.50 bits per heavy atom. The molecule has 2 N–H and O–H groups in total. The number of thiophene rings is 1. The first-order chi connectivity index (χ1) is 13.4. The molecule has 4 rings (SSSR count). The Bertz CT molecular complexity index is 1190. The van der Waals surface area contributed by atoms with E-state index in [1.807, 2.05) is 6.92 Å². The maximum atomic E-state index is 13.2. The largest absolute Gasteiger partial charge is 0.469 e. The highest BCUT2D eigenvalue weighted by Gasteiger charge is 2.18. The van der Waals surface area contributed by atoms with Crippen molar-refractivity contribution in [1.29, 1.82) is 0 Å². The van der Waals surface area contributed by atoms with Gasteiger partial charge in [-0.15, -0.1) is 11.3 Å². The van der Waals surface area contributed by atoms with Crippen molar-refractivity contribution in [2.24, 2.45) is 0 Å². The average molecular weight is 398 g/mol. The normalized spacial score (nSPS) is 11.0. The van der Waals surface area contributed by atoms with Crippen molar-refractivity contribution >= 4 is 33.4 Å². The predicted molar refractivity (Wildman–Crippen MR) is 102 cm³/mol. The fraction of sp³-hybridized carbons (Fsp3) is 0.105. The van der Waals surface area contributed by atoms with Crippen molar-refractivity contribution in [2.75, 3.05) is 0 Å². The van der Waals surface area contributed by atoms with Gasteiger partial charge in [0.05, 0.1) is 28.1 Å². The average Bonchev–Trinajstić information content (AvgIpc) is 3.37. The molecule has 2 amide bonds. The van der Waals surface area contributed by atoms with Crippen molar-refractivity contribution in [2.45, 2.75) is 13.8 Å². The Labute approximate surface area is 162 Å². The number of hydrogen-bond donors (Lipinski definition) is 2. The number of hydrazine groups is 1. The van der Waals surface area contributed by atoms with Gasteiger partial charge in [0.15, 0.2) is 0 Å². The van der Waals surface area contributed by atoms with Gasteiger partial charge in [-0.1, -0.05) is 0 Å². The first-order valence-electron chi connectivity index (χ1n) is 8.34. The summed E-state index contributed by atoms with van der Waals surface area (Å²) < 4.78 is 19.9. The van der Waals surface area contributed by atoms with E-state index in [4.69, 9.17) is 4.42 Å². The van der Waals surface area contributed by atoms with Crippen LogP contribution in [0.4, 0.5) is 4.39 Å². The number of fused-ring (bicyclic) bond motifs is 1. The number of nitrogens with zero attached hydrogens (tertiary/aromatic N) is 2. The molecule has 0 saturated heterocycles. The van der Waals surface area contributed by atoms with Crippen LogP contribution in [-0.4, -0.2) is 21.6 Å². The van der Waals surface area contributed by atoms with Gasteiger partial charge in [-0.05, 0) is 50.2 Å². The van der Waals surface area contributed by atoms with E-state index in [0.29, 0.717) is 21.9 Å². The summed E-state index contributed by atoms with van der Waals surface area (Å²) in [4.78, 5) is 25.7. The predicted octanol–water partition coefficient (Wildman–Crippen LogP) is 3.51. The standard InChI is InChI=1S/C19H15FN4O3S/c1-10-15-9-16(18(26)22-21-17(25)14-7-8-27-11(14)2)28-19(15)24(23-10)13-5-3-12(20)4-6-13/h3-9H,1-2H3,(H,21,25)(H,22,26). The number of hydrogen-bond acceptors (Lipinski definition) is 5. The minimum absolute atomic E-state index is 0.335. The van der Waals surface area contributed by atoms with E-state index in [1.165, 1.54) is 35.8 Å². The summed E-state index contributed by atoms with van der Waals surface area (Å²) in [5.41, 5.74) is 6.56. The molecule has 1 aromatic carbocycles. The van der Waals surface area contributed by atoms with Crippen LogP contribution in [0.25, 0.3) is 15.9 Å². The van der Waals surface area contributed by atoms with Gasteiger partial charge >= 0.3 is 0 Å². The quantitative estimate of drug-likeness (QED) is 0.517. The number of furan rings is 1. The molecule has 3 heterocycles. The van der Waals surface area contributed by atoms with Crippen LogP contribution in [0.2, 0.25) is 0 Å². The molecule has 0 aliphatic heterocycles. The number of benzene rings is 1. The number of carbonyl (C=O) groups excluding carboxylic acids is 2. The molecule has 0 atom stereocenters. The van der Waals surface area contributed by atoms with Crippen LogP contribution in [0.15, 0.2) is 47.1 Å². The fourth-order valence-corrected chi connectivity index (χ4v) is 3.86. The maximum absolute atomic E-state index is 13.2. The molecule has 9 heteroatoms. The van der Waals surface area contributed by atoms with Crippen LogP contribution >= 0.6 is 11.3 Å². The summed E-state index contributed by atoms with van der Waals surface area (Å²) >= 11 is 1.23. The van der Waals surface area contributed by atoms with Crippen molar-refractivity contribution in [3.63, 3.8) is 0 Å². The van der Waals surface area contributed by atoms with Gasteiger partial charge in [0.2, 0.25) is 0 Å². The number of amides is 2. The van der Waals surface area contributed by atoms with Gasteiger partial charge in [0.1, 0.15) is 16.4 Å². The summed E-state index contributed by atoms with van der Waals surface area (Å²) in [6.07, 6.45) is 1.40. The van der Waals surface area contributed by atoms with Gasteiger partial charge in [-0.2, -0.15) is 5.10 Å². The molecular formula is C19H15FN4O3S. The topological polar surface area (TPSA) is 89.2 Å². The molecular weight excluding hydrogens is 383 g/mol. The molecule has 7 nitrogen and oxygen atoms in total. The second-order valence-corrected chi connectivity index (χ2v) is 7.13. The minimum atomic E-state index is -0.464. The van der Waals surface area contributed by atoms with Gasteiger partial charge in [0.25, 0.3) is 11.8 Å². The number of aromatic nitrogens is 2. The van der Waals surface area contributed by atoms with Crippen LogP contribution < -0.4 is 10.9 Å². The van der Waals surface area contributed by atoms with Gasteiger partial charge in [0, 0.05) is 5.39 Å². The fourth-order valence-electron chi connectivity index (χ4n) is 2.78. The lowest BCUT2D eigenvalue weighted by molar-refractivity contribution is 0.0848. The third-order valence-electron chi connectivity index (χ3n) is 4.23. The monoisotopic (exact) mass is 398 g/mol. The zero-order valence-corrected chi connectivity index (χ0v) is 15.8. The summed E-state index contributed by atoms with van der Waals surface area (Å²) in [6, 6.07) is 9.19. The first-order valence-corrected chi connectivity index (χ1v) is 9.15. The van der Waals surface area contributed by atoms with Crippen molar-refractivity contribution in [3.8, 4) is 5.69 Å². The second kappa shape index (κ2) is 6.93. The van der Waals surface area contributed by atoms with E-state index >= 15 is 0 Å². The first kappa shape index (κ1) is 17.9. The number of aryl methyl sites for hydroxylation is 2. The smallest absolute Gasteiger partial charge is 0.279 e. The van der Waals surface area contributed by atoms with Crippen LogP contribution in [0.3, 0.4) is 0 Å². The molecule has 0 fully saturated rings. The zero-order chi connectivity index (χ0) is 19.8. The molecule has 0 aliphatic rings. The van der Waals surface area contributed by atoms with Gasteiger partial charge < -0.3 is 4.42 Å². The van der Waals surface area contributed by atoms with E-state index in [1.54, 1.807) is 29.8 Å². The van der Waals surface area contributed by atoms with E-state index in [-0.39, 0.29) is 5.82 Å². The summed E-state index contributed by atoms with van der Waals surface area (Å²) in [7, 11) is 0. The van der Waals surface area contributed by atoms with E-state index in [9.17, 15) is 14.0 Å². The molecule has 0 saturated carbocycles. The Kier molecular flexibility index (Phi) is 4.44. The molecule has 3 aromatic heterocycles. The summed E-state index contributed by atoms with van der Waals surface area (Å²) in [6.45, 7) is 3.49. The van der Waals surface area contributed by atoms with E-state index in [2.05, 4.69) is 16.0 Å². The Hall–Kier alpha value is -3.46. The lowest BCUT2D eigenvalue weighted by Gasteiger charge is -2.05. The zero-order valence-electron chi connectivity index (χ0n) is 14.9. The molecule has 142 valence electrons. The van der Waals surface area contributed by atoms with Crippen molar-refractivity contribution in [3.05, 3.63) is 70.4 Å². The van der Waals surface area contributed by atoms with Gasteiger partial charge in [-0.3, -0.25) is 20.4 Å². The molecule has 0 unspecified atom stereocenters. The molecule has 0 spiro atoms. The Morgan fingerprint density at radius 1 is 1.11 bits per heavy atom. The van der Waals surface area contributed by atoms with Crippen molar-refractivity contribution in [1.82, 2.24) is 20.6 Å². The Balaban J connectivity index is 1.57.